The molecule has 2 rings (SSSR count). The largest absolute Gasteiger partial charge is 0.349 e. The van der Waals surface area contributed by atoms with Crippen molar-refractivity contribution in [3.8, 4) is 0 Å². The average Bonchev–Trinajstić information content (AvgIpc) is 2.81. The van der Waals surface area contributed by atoms with E-state index in [9.17, 15) is 9.18 Å². The monoisotopic (exact) mass is 389 g/mol. The van der Waals surface area contributed by atoms with E-state index in [0.29, 0.717) is 9.13 Å². The maximum Gasteiger partial charge on any atom is 0.252 e. The minimum absolute atomic E-state index is 0.0444. The van der Waals surface area contributed by atoms with Crippen LogP contribution in [0.4, 0.5) is 4.39 Å². The van der Waals surface area contributed by atoms with Crippen molar-refractivity contribution in [3.63, 3.8) is 0 Å². The van der Waals surface area contributed by atoms with Crippen LogP contribution in [0.2, 0.25) is 0 Å². The van der Waals surface area contributed by atoms with Gasteiger partial charge in [-0.15, -0.1) is 0 Å². The van der Waals surface area contributed by atoms with Crippen molar-refractivity contribution in [1.29, 1.82) is 0 Å². The van der Waals surface area contributed by atoms with E-state index >= 15 is 0 Å². The average molecular weight is 389 g/mol. The summed E-state index contributed by atoms with van der Waals surface area (Å²) in [6.07, 6.45) is 0.799. The SMILES string of the molecule is CC(Cc1ccsc1)NC(=O)c1ccc(F)cc1I. The van der Waals surface area contributed by atoms with Gasteiger partial charge in [0.2, 0.25) is 0 Å². The van der Waals surface area contributed by atoms with Gasteiger partial charge >= 0.3 is 0 Å². The summed E-state index contributed by atoms with van der Waals surface area (Å²) in [5.74, 6) is -0.487. The van der Waals surface area contributed by atoms with E-state index in [4.69, 9.17) is 0 Å². The Morgan fingerprint density at radius 3 is 2.89 bits per heavy atom. The number of benzene rings is 1. The molecule has 5 heteroatoms. The predicted molar refractivity (Wildman–Crippen MR) is 84.1 cm³/mol. The zero-order valence-corrected chi connectivity index (χ0v) is 13.3. The molecule has 1 aromatic heterocycles. The number of rotatable bonds is 4. The number of carbonyl (C=O) groups excluding carboxylic acids is 1. The van der Waals surface area contributed by atoms with Crippen molar-refractivity contribution in [1.82, 2.24) is 5.32 Å². The van der Waals surface area contributed by atoms with Gasteiger partial charge in [0.15, 0.2) is 0 Å². The summed E-state index contributed by atoms with van der Waals surface area (Å²) in [5, 5.41) is 7.03. The van der Waals surface area contributed by atoms with Gasteiger partial charge in [0.25, 0.3) is 5.91 Å². The fraction of sp³-hybridized carbons (Fsp3) is 0.214. The fourth-order valence-electron chi connectivity index (χ4n) is 1.79. The molecule has 2 nitrogen and oxygen atoms in total. The second-order valence-electron chi connectivity index (χ2n) is 4.33. The highest BCUT2D eigenvalue weighted by atomic mass is 127. The van der Waals surface area contributed by atoms with Crippen LogP contribution < -0.4 is 5.32 Å². The van der Waals surface area contributed by atoms with Crippen molar-refractivity contribution < 1.29 is 9.18 Å². The lowest BCUT2D eigenvalue weighted by Crippen LogP contribution is -2.34. The van der Waals surface area contributed by atoms with Crippen LogP contribution in [0, 0.1) is 9.39 Å². The molecule has 0 saturated carbocycles. The zero-order chi connectivity index (χ0) is 13.8. The molecule has 19 heavy (non-hydrogen) atoms. The molecule has 1 aromatic carbocycles. The van der Waals surface area contributed by atoms with Crippen molar-refractivity contribution in [2.24, 2.45) is 0 Å². The van der Waals surface area contributed by atoms with Crippen molar-refractivity contribution in [2.45, 2.75) is 19.4 Å². The molecule has 0 aliphatic heterocycles. The molecule has 1 unspecified atom stereocenters. The first-order chi connectivity index (χ1) is 9.06. The molecular weight excluding hydrogens is 376 g/mol. The van der Waals surface area contributed by atoms with Crippen LogP contribution >= 0.6 is 33.9 Å². The Bertz CT molecular complexity index is 571. The van der Waals surface area contributed by atoms with Gasteiger partial charge in [-0.25, -0.2) is 4.39 Å². The van der Waals surface area contributed by atoms with Gasteiger partial charge in [0.05, 0.1) is 5.56 Å². The number of amides is 1. The summed E-state index contributed by atoms with van der Waals surface area (Å²) >= 11 is 3.62. The summed E-state index contributed by atoms with van der Waals surface area (Å²) in [5.41, 5.74) is 1.73. The summed E-state index contributed by atoms with van der Waals surface area (Å²) in [6.45, 7) is 1.96. The highest BCUT2D eigenvalue weighted by Gasteiger charge is 2.13. The number of hydrogen-bond donors (Lipinski definition) is 1. The highest BCUT2D eigenvalue weighted by molar-refractivity contribution is 14.1. The van der Waals surface area contributed by atoms with E-state index in [1.807, 2.05) is 34.9 Å². The van der Waals surface area contributed by atoms with Crippen LogP contribution in [0.5, 0.6) is 0 Å². The number of carbonyl (C=O) groups is 1. The topological polar surface area (TPSA) is 29.1 Å². The molecular formula is C14H13FINOS. The Labute approximate surface area is 129 Å². The normalized spacial score (nSPS) is 12.2. The third-order valence-corrected chi connectivity index (χ3v) is 4.30. The molecule has 0 fully saturated rings. The quantitative estimate of drug-likeness (QED) is 0.791. The first-order valence-electron chi connectivity index (χ1n) is 5.83. The maximum atomic E-state index is 13.0. The first-order valence-corrected chi connectivity index (χ1v) is 7.85. The Kier molecular flexibility index (Phi) is 4.93. The van der Waals surface area contributed by atoms with E-state index in [-0.39, 0.29) is 17.8 Å². The number of nitrogens with one attached hydrogen (secondary N) is 1. The van der Waals surface area contributed by atoms with Gasteiger partial charge in [-0.05, 0) is 76.5 Å². The lowest BCUT2D eigenvalue weighted by molar-refractivity contribution is 0.0939. The van der Waals surface area contributed by atoms with E-state index in [2.05, 4.69) is 16.8 Å². The molecule has 0 spiro atoms. The van der Waals surface area contributed by atoms with Gasteiger partial charge < -0.3 is 5.32 Å². The van der Waals surface area contributed by atoms with Crippen LogP contribution in [-0.2, 0) is 6.42 Å². The minimum atomic E-state index is -0.327. The summed E-state index contributed by atoms with van der Waals surface area (Å²) in [6, 6.07) is 6.28. The molecule has 0 aliphatic carbocycles. The molecule has 0 saturated heterocycles. The zero-order valence-electron chi connectivity index (χ0n) is 10.3. The molecule has 0 bridgehead atoms. The summed E-state index contributed by atoms with van der Waals surface area (Å²) < 4.78 is 13.6. The third-order valence-electron chi connectivity index (χ3n) is 2.68. The number of halogens is 2. The smallest absolute Gasteiger partial charge is 0.252 e. The number of thiophene rings is 1. The molecule has 1 amide bonds. The second kappa shape index (κ2) is 6.47. The summed E-state index contributed by atoms with van der Waals surface area (Å²) in [4.78, 5) is 12.1. The minimum Gasteiger partial charge on any atom is -0.349 e. The molecule has 1 N–H and O–H groups in total. The van der Waals surface area contributed by atoms with Gasteiger partial charge in [-0.3, -0.25) is 4.79 Å². The molecule has 2 aromatic rings. The standard InChI is InChI=1S/C14H13FINOS/c1-9(6-10-4-5-19-8-10)17-14(18)12-3-2-11(15)7-13(12)16/h2-5,7-9H,6H2,1H3,(H,17,18). The first kappa shape index (κ1) is 14.5. The highest BCUT2D eigenvalue weighted by Crippen LogP contribution is 2.14. The van der Waals surface area contributed by atoms with Crippen molar-refractivity contribution in [3.05, 3.63) is 55.5 Å². The number of hydrogen-bond acceptors (Lipinski definition) is 2. The lowest BCUT2D eigenvalue weighted by Gasteiger charge is -2.14. The van der Waals surface area contributed by atoms with Gasteiger partial charge in [0.1, 0.15) is 5.82 Å². The second-order valence-corrected chi connectivity index (χ2v) is 6.28. The van der Waals surface area contributed by atoms with Crippen LogP contribution in [-0.4, -0.2) is 11.9 Å². The van der Waals surface area contributed by atoms with Gasteiger partial charge in [-0.1, -0.05) is 0 Å². The maximum absolute atomic E-state index is 13.0. The van der Waals surface area contributed by atoms with Crippen molar-refractivity contribution >= 4 is 39.8 Å². The van der Waals surface area contributed by atoms with E-state index in [0.717, 1.165) is 6.42 Å². The van der Waals surface area contributed by atoms with Crippen LogP contribution in [0.1, 0.15) is 22.8 Å². The third kappa shape index (κ3) is 4.01. The Hall–Kier alpha value is -0.950. The molecule has 0 radical (unpaired) electrons. The van der Waals surface area contributed by atoms with Crippen LogP contribution in [0.3, 0.4) is 0 Å². The lowest BCUT2D eigenvalue weighted by atomic mass is 10.1. The van der Waals surface area contributed by atoms with Gasteiger partial charge in [-0.2, -0.15) is 11.3 Å². The Balaban J connectivity index is 2.00. The van der Waals surface area contributed by atoms with Crippen LogP contribution in [0.25, 0.3) is 0 Å². The Morgan fingerprint density at radius 1 is 1.47 bits per heavy atom. The molecule has 100 valence electrons. The molecule has 1 atom stereocenters. The van der Waals surface area contributed by atoms with Gasteiger partial charge in [0, 0.05) is 9.61 Å². The van der Waals surface area contributed by atoms with E-state index in [1.165, 1.54) is 23.8 Å². The Morgan fingerprint density at radius 2 is 2.26 bits per heavy atom. The summed E-state index contributed by atoms with van der Waals surface area (Å²) in [7, 11) is 0. The van der Waals surface area contributed by atoms with E-state index in [1.54, 1.807) is 11.3 Å². The molecule has 0 aliphatic rings. The van der Waals surface area contributed by atoms with Crippen molar-refractivity contribution in [2.75, 3.05) is 0 Å². The molecule has 1 heterocycles. The fourth-order valence-corrected chi connectivity index (χ4v) is 3.19. The van der Waals surface area contributed by atoms with Crippen LogP contribution in [0.15, 0.2) is 35.0 Å². The van der Waals surface area contributed by atoms with E-state index < -0.39 is 0 Å². The predicted octanol–water partition coefficient (Wildman–Crippen LogP) is 3.85.